The van der Waals surface area contributed by atoms with E-state index in [4.69, 9.17) is 9.16 Å². The number of aryl methyl sites for hydroxylation is 1. The predicted molar refractivity (Wildman–Crippen MR) is 131 cm³/mol. The van der Waals surface area contributed by atoms with Crippen molar-refractivity contribution in [2.45, 2.75) is 78.4 Å². The fraction of sp³-hybridized carbons (Fsp3) is 0.593. The average molecular weight is 441 g/mol. The molecule has 3 atom stereocenters. The van der Waals surface area contributed by atoms with Gasteiger partial charge in [-0.3, -0.25) is 4.79 Å². The summed E-state index contributed by atoms with van der Waals surface area (Å²) < 4.78 is 12.3. The maximum absolute atomic E-state index is 13.6. The van der Waals surface area contributed by atoms with Crippen LogP contribution in [0.2, 0.25) is 18.1 Å². The molecular weight excluding hydrogens is 400 g/mol. The fourth-order valence-electron chi connectivity index (χ4n) is 5.52. The van der Waals surface area contributed by atoms with Gasteiger partial charge in [0.15, 0.2) is 5.78 Å². The van der Waals surface area contributed by atoms with Gasteiger partial charge in [-0.1, -0.05) is 32.9 Å². The molecule has 0 heterocycles. The zero-order chi connectivity index (χ0) is 22.8. The molecule has 0 fully saturated rings. The van der Waals surface area contributed by atoms with Crippen molar-refractivity contribution in [2.75, 3.05) is 7.11 Å². The van der Waals surface area contributed by atoms with E-state index in [2.05, 4.69) is 41.2 Å². The van der Waals surface area contributed by atoms with Gasteiger partial charge in [-0.05, 0) is 92.4 Å². The number of Topliss-reactive ketones (excluding diaryl/α,β-unsaturated/α-hetero) is 1. The van der Waals surface area contributed by atoms with Crippen molar-refractivity contribution in [3.8, 4) is 5.75 Å². The van der Waals surface area contributed by atoms with Crippen LogP contribution in [0.4, 0.5) is 0 Å². The Morgan fingerprint density at radius 3 is 2.42 bits per heavy atom. The molecule has 31 heavy (non-hydrogen) atoms. The van der Waals surface area contributed by atoms with Gasteiger partial charge in [0.1, 0.15) is 5.75 Å². The quantitative estimate of drug-likeness (QED) is 0.313. The Morgan fingerprint density at radius 2 is 1.84 bits per heavy atom. The first-order chi connectivity index (χ1) is 14.8. The SMILES string of the molecule is C=C(C)[C@H]1CC(O[Si](CC)(CC)CC)=C(C)[C@H]([C@@H]2CCc3cc(OC)ccc3C2=O)C1. The van der Waals surface area contributed by atoms with Crippen LogP contribution in [0, 0.1) is 17.8 Å². The van der Waals surface area contributed by atoms with Gasteiger partial charge in [0, 0.05) is 17.9 Å². The van der Waals surface area contributed by atoms with Gasteiger partial charge in [-0.2, -0.15) is 0 Å². The molecule has 1 aromatic rings. The van der Waals surface area contributed by atoms with Crippen molar-refractivity contribution in [3.63, 3.8) is 0 Å². The van der Waals surface area contributed by atoms with E-state index < -0.39 is 8.32 Å². The van der Waals surface area contributed by atoms with E-state index in [9.17, 15) is 4.79 Å². The Balaban J connectivity index is 1.96. The molecule has 0 radical (unpaired) electrons. The monoisotopic (exact) mass is 440 g/mol. The summed E-state index contributed by atoms with van der Waals surface area (Å²) in [5, 5.41) is 0. The molecule has 1 aromatic carbocycles. The molecule has 0 aromatic heterocycles. The zero-order valence-corrected chi connectivity index (χ0v) is 21.3. The molecule has 4 heteroatoms. The van der Waals surface area contributed by atoms with Crippen LogP contribution in [-0.2, 0) is 10.8 Å². The molecule has 0 aliphatic heterocycles. The van der Waals surface area contributed by atoms with Crippen LogP contribution in [0.5, 0.6) is 5.75 Å². The van der Waals surface area contributed by atoms with Gasteiger partial charge in [-0.25, -0.2) is 0 Å². The van der Waals surface area contributed by atoms with Crippen LogP contribution in [-0.4, -0.2) is 21.2 Å². The topological polar surface area (TPSA) is 35.5 Å². The number of ether oxygens (including phenoxy) is 1. The normalized spacial score (nSPS) is 24.1. The minimum atomic E-state index is -1.76. The molecule has 0 spiro atoms. The lowest BCUT2D eigenvalue weighted by molar-refractivity contribution is 0.0842. The summed E-state index contributed by atoms with van der Waals surface area (Å²) in [5.74, 6) is 2.96. The third-order valence-corrected chi connectivity index (χ3v) is 12.6. The van der Waals surface area contributed by atoms with Crippen molar-refractivity contribution in [1.29, 1.82) is 0 Å². The second-order valence-electron chi connectivity index (χ2n) is 9.57. The van der Waals surface area contributed by atoms with Crippen molar-refractivity contribution >= 4 is 14.1 Å². The molecule has 2 aliphatic rings. The molecule has 0 bridgehead atoms. The van der Waals surface area contributed by atoms with Crippen LogP contribution < -0.4 is 4.74 Å². The average Bonchev–Trinajstić information content (AvgIpc) is 2.78. The van der Waals surface area contributed by atoms with Crippen LogP contribution in [0.3, 0.4) is 0 Å². The zero-order valence-electron chi connectivity index (χ0n) is 20.3. The molecule has 2 aliphatic carbocycles. The second kappa shape index (κ2) is 9.77. The minimum absolute atomic E-state index is 0.0302. The van der Waals surface area contributed by atoms with Gasteiger partial charge in [-0.15, -0.1) is 0 Å². The Morgan fingerprint density at radius 1 is 1.16 bits per heavy atom. The highest BCUT2D eigenvalue weighted by Crippen LogP contribution is 2.46. The molecule has 0 saturated heterocycles. The molecule has 170 valence electrons. The summed E-state index contributed by atoms with van der Waals surface area (Å²) >= 11 is 0. The maximum Gasteiger partial charge on any atom is 0.250 e. The summed E-state index contributed by atoms with van der Waals surface area (Å²) in [6, 6.07) is 9.31. The van der Waals surface area contributed by atoms with Gasteiger partial charge in [0.2, 0.25) is 8.32 Å². The fourth-order valence-corrected chi connectivity index (χ4v) is 8.22. The lowest BCUT2D eigenvalue weighted by Crippen LogP contribution is -2.39. The first kappa shape index (κ1) is 23.8. The van der Waals surface area contributed by atoms with Crippen molar-refractivity contribution in [2.24, 2.45) is 17.8 Å². The number of fused-ring (bicyclic) bond motifs is 1. The number of benzene rings is 1. The Hall–Kier alpha value is -1.81. The largest absolute Gasteiger partial charge is 0.547 e. The third-order valence-electron chi connectivity index (χ3n) is 8.06. The van der Waals surface area contributed by atoms with E-state index in [0.29, 0.717) is 11.7 Å². The summed E-state index contributed by atoms with van der Waals surface area (Å²) in [4.78, 5) is 13.6. The highest BCUT2D eigenvalue weighted by molar-refractivity contribution is 6.73. The molecule has 0 unspecified atom stereocenters. The standard InChI is InChI=1S/C27H40O3Si/c1-8-31(9-2,10-3)30-26-17-21(18(4)5)16-25(19(26)6)24-13-11-20-15-22(29-7)12-14-23(20)27(24)28/h12,14-15,21,24-25H,4,8-11,13,16-17H2,1-3,5-7H3/t21-,24+,25-/m1/s1. The smallest absolute Gasteiger partial charge is 0.250 e. The van der Waals surface area contributed by atoms with Gasteiger partial charge in [0.05, 0.1) is 12.9 Å². The number of carbonyl (C=O) groups is 1. The van der Waals surface area contributed by atoms with E-state index in [1.54, 1.807) is 7.11 Å². The van der Waals surface area contributed by atoms with Crippen LogP contribution >= 0.6 is 0 Å². The van der Waals surface area contributed by atoms with Gasteiger partial charge in [0.25, 0.3) is 0 Å². The van der Waals surface area contributed by atoms with Gasteiger partial charge < -0.3 is 9.16 Å². The second-order valence-corrected chi connectivity index (χ2v) is 14.3. The van der Waals surface area contributed by atoms with E-state index in [0.717, 1.165) is 60.7 Å². The maximum atomic E-state index is 13.6. The van der Waals surface area contributed by atoms with E-state index >= 15 is 0 Å². The molecular formula is C27H40O3Si. The summed E-state index contributed by atoms with van der Waals surface area (Å²) in [6.45, 7) is 15.5. The summed E-state index contributed by atoms with van der Waals surface area (Å²) in [6.07, 6.45) is 3.78. The molecule has 3 rings (SSSR count). The first-order valence-corrected chi connectivity index (χ1v) is 14.6. The number of carbonyl (C=O) groups excluding carboxylic acids is 1. The summed E-state index contributed by atoms with van der Waals surface area (Å²) in [5.41, 5.74) is 4.54. The number of allylic oxidation sites excluding steroid dienone is 3. The molecule has 0 amide bonds. The number of rotatable bonds is 8. The minimum Gasteiger partial charge on any atom is -0.547 e. The van der Waals surface area contributed by atoms with Gasteiger partial charge >= 0.3 is 0 Å². The third kappa shape index (κ3) is 4.69. The van der Waals surface area contributed by atoms with E-state index in [-0.39, 0.29) is 11.8 Å². The number of hydrogen-bond donors (Lipinski definition) is 0. The van der Waals surface area contributed by atoms with Crippen LogP contribution in [0.15, 0.2) is 41.7 Å². The number of methoxy groups -OCH3 is 1. The molecule has 3 nitrogen and oxygen atoms in total. The predicted octanol–water partition coefficient (Wildman–Crippen LogP) is 7.34. The van der Waals surface area contributed by atoms with Crippen LogP contribution in [0.1, 0.15) is 69.8 Å². The highest BCUT2D eigenvalue weighted by Gasteiger charge is 2.41. The Kier molecular flexibility index (Phi) is 7.51. The number of ketones is 1. The number of hydrogen-bond acceptors (Lipinski definition) is 3. The van der Waals surface area contributed by atoms with E-state index in [1.807, 2.05) is 18.2 Å². The van der Waals surface area contributed by atoms with Crippen LogP contribution in [0.25, 0.3) is 0 Å². The lowest BCUT2D eigenvalue weighted by atomic mass is 9.67. The van der Waals surface area contributed by atoms with Crippen molar-refractivity contribution in [3.05, 3.63) is 52.8 Å². The first-order valence-electron chi connectivity index (χ1n) is 12.0. The van der Waals surface area contributed by atoms with E-state index in [1.165, 1.54) is 16.9 Å². The van der Waals surface area contributed by atoms with Crippen molar-refractivity contribution in [1.82, 2.24) is 0 Å². The lowest BCUT2D eigenvalue weighted by Gasteiger charge is -2.41. The summed E-state index contributed by atoms with van der Waals surface area (Å²) in [7, 11) is -0.0842. The Bertz CT molecular complexity index is 857. The molecule has 0 saturated carbocycles. The van der Waals surface area contributed by atoms with Crippen molar-refractivity contribution < 1.29 is 14.0 Å². The molecule has 0 N–H and O–H groups in total. The highest BCUT2D eigenvalue weighted by atomic mass is 28.4. The Labute approximate surface area is 190 Å².